The van der Waals surface area contributed by atoms with Crippen LogP contribution in [-0.2, 0) is 14.3 Å². The zero-order valence-corrected chi connectivity index (χ0v) is 16.8. The molecule has 0 radical (unpaired) electrons. The number of amides is 1. The van der Waals surface area contributed by atoms with Crippen LogP contribution in [0.1, 0.15) is 11.1 Å². The van der Waals surface area contributed by atoms with Gasteiger partial charge in [-0.25, -0.2) is 4.79 Å². The highest BCUT2D eigenvalue weighted by molar-refractivity contribution is 5.95. The van der Waals surface area contributed by atoms with E-state index in [1.807, 2.05) is 6.07 Å². The second kappa shape index (κ2) is 11.0. The maximum Gasteiger partial charge on any atom is 0.331 e. The highest BCUT2D eigenvalue weighted by Gasteiger charge is 2.12. The number of non-ortho nitro benzene ring substituents is 1. The van der Waals surface area contributed by atoms with Gasteiger partial charge in [0, 0.05) is 18.2 Å². The molecule has 160 valence electrons. The quantitative estimate of drug-likeness (QED) is 0.280. The summed E-state index contributed by atoms with van der Waals surface area (Å²) in [4.78, 5) is 34.1. The first-order valence-electron chi connectivity index (χ1n) is 8.91. The third-order valence-corrected chi connectivity index (χ3v) is 3.94. The standard InChI is InChI=1S/C21H19N3O7/c1-14-3-6-16(24(27)28)12-17(14)23-20(25)13-31-21(26)8-5-15-4-7-18(30-10-9-22)19(11-15)29-2/h3-8,11-12H,10,13H2,1-2H3,(H,23,25)/b8-5+. The van der Waals surface area contributed by atoms with E-state index in [1.165, 1.54) is 31.4 Å². The smallest absolute Gasteiger partial charge is 0.331 e. The van der Waals surface area contributed by atoms with Gasteiger partial charge in [-0.1, -0.05) is 12.1 Å². The van der Waals surface area contributed by atoms with Gasteiger partial charge < -0.3 is 19.5 Å². The molecule has 0 aromatic heterocycles. The number of nitro groups is 1. The van der Waals surface area contributed by atoms with Crippen molar-refractivity contribution < 1.29 is 28.7 Å². The zero-order valence-electron chi connectivity index (χ0n) is 16.8. The number of ether oxygens (including phenoxy) is 3. The van der Waals surface area contributed by atoms with Crippen LogP contribution in [0.2, 0.25) is 0 Å². The summed E-state index contributed by atoms with van der Waals surface area (Å²) in [5.74, 6) is -0.616. The van der Waals surface area contributed by atoms with Crippen molar-refractivity contribution in [1.82, 2.24) is 0 Å². The van der Waals surface area contributed by atoms with Crippen LogP contribution in [0.5, 0.6) is 11.5 Å². The number of methoxy groups -OCH3 is 1. The Labute approximate surface area is 177 Å². The van der Waals surface area contributed by atoms with Gasteiger partial charge in [0.15, 0.2) is 24.7 Å². The largest absolute Gasteiger partial charge is 0.493 e. The third-order valence-electron chi connectivity index (χ3n) is 3.94. The molecule has 0 unspecified atom stereocenters. The lowest BCUT2D eigenvalue weighted by atomic mass is 10.2. The summed E-state index contributed by atoms with van der Waals surface area (Å²) < 4.78 is 15.3. The van der Waals surface area contributed by atoms with Gasteiger partial charge in [-0.2, -0.15) is 5.26 Å². The van der Waals surface area contributed by atoms with Crippen molar-refractivity contribution in [2.45, 2.75) is 6.92 Å². The lowest BCUT2D eigenvalue weighted by Gasteiger charge is -2.09. The Hall–Kier alpha value is -4.39. The number of nitrogens with one attached hydrogen (secondary N) is 1. The number of aryl methyl sites for hydroxylation is 1. The number of nitriles is 1. The second-order valence-corrected chi connectivity index (χ2v) is 6.10. The van der Waals surface area contributed by atoms with E-state index in [1.54, 1.807) is 25.1 Å². The molecule has 31 heavy (non-hydrogen) atoms. The Morgan fingerprint density at radius 2 is 2.00 bits per heavy atom. The summed E-state index contributed by atoms with van der Waals surface area (Å²) >= 11 is 0. The molecular formula is C21H19N3O7. The predicted octanol–water partition coefficient (Wildman–Crippen LogP) is 3.01. The number of carbonyl (C=O) groups is 2. The molecule has 0 fully saturated rings. The minimum Gasteiger partial charge on any atom is -0.493 e. The van der Waals surface area contributed by atoms with Crippen molar-refractivity contribution in [3.63, 3.8) is 0 Å². The van der Waals surface area contributed by atoms with Crippen LogP contribution in [0.25, 0.3) is 6.08 Å². The molecular weight excluding hydrogens is 406 g/mol. The van der Waals surface area contributed by atoms with E-state index < -0.39 is 23.4 Å². The first kappa shape index (κ1) is 22.9. The van der Waals surface area contributed by atoms with Crippen molar-refractivity contribution in [3.8, 4) is 17.6 Å². The Morgan fingerprint density at radius 3 is 2.68 bits per heavy atom. The lowest BCUT2D eigenvalue weighted by Crippen LogP contribution is -2.20. The number of hydrogen-bond acceptors (Lipinski definition) is 8. The Bertz CT molecular complexity index is 1060. The fraction of sp³-hybridized carbons (Fsp3) is 0.190. The van der Waals surface area contributed by atoms with Gasteiger partial charge >= 0.3 is 5.97 Å². The van der Waals surface area contributed by atoms with Gasteiger partial charge in [-0.05, 0) is 36.3 Å². The topological polar surface area (TPSA) is 141 Å². The third kappa shape index (κ3) is 6.86. The summed E-state index contributed by atoms with van der Waals surface area (Å²) in [6.07, 6.45) is 2.60. The van der Waals surface area contributed by atoms with Gasteiger partial charge in [0.2, 0.25) is 0 Å². The molecule has 1 N–H and O–H groups in total. The zero-order chi connectivity index (χ0) is 22.8. The van der Waals surface area contributed by atoms with E-state index in [0.29, 0.717) is 22.6 Å². The normalized spacial score (nSPS) is 10.2. The second-order valence-electron chi connectivity index (χ2n) is 6.10. The van der Waals surface area contributed by atoms with Crippen LogP contribution in [0, 0.1) is 28.4 Å². The van der Waals surface area contributed by atoms with Crippen LogP contribution in [-0.4, -0.2) is 37.1 Å². The summed E-state index contributed by atoms with van der Waals surface area (Å²) in [5, 5.41) is 21.9. The van der Waals surface area contributed by atoms with E-state index >= 15 is 0 Å². The highest BCUT2D eigenvalue weighted by Crippen LogP contribution is 2.28. The molecule has 0 aliphatic heterocycles. The molecule has 0 bridgehead atoms. The Balaban J connectivity index is 1.92. The number of nitro benzene ring substituents is 1. The first-order chi connectivity index (χ1) is 14.8. The number of anilines is 1. The van der Waals surface area contributed by atoms with Crippen molar-refractivity contribution in [2.24, 2.45) is 0 Å². The predicted molar refractivity (Wildman–Crippen MR) is 111 cm³/mol. The van der Waals surface area contributed by atoms with Crippen molar-refractivity contribution in [2.75, 3.05) is 25.6 Å². The van der Waals surface area contributed by atoms with Crippen LogP contribution in [0.4, 0.5) is 11.4 Å². The van der Waals surface area contributed by atoms with E-state index in [9.17, 15) is 19.7 Å². The van der Waals surface area contributed by atoms with Crippen molar-refractivity contribution in [1.29, 1.82) is 5.26 Å². The van der Waals surface area contributed by atoms with Gasteiger partial charge in [0.05, 0.1) is 17.7 Å². The Kier molecular flexibility index (Phi) is 8.10. The molecule has 1 amide bonds. The van der Waals surface area contributed by atoms with E-state index in [0.717, 1.165) is 6.08 Å². The molecule has 0 aliphatic carbocycles. The fourth-order valence-corrected chi connectivity index (χ4v) is 2.41. The molecule has 2 rings (SSSR count). The molecule has 0 spiro atoms. The molecule has 2 aromatic carbocycles. The average molecular weight is 425 g/mol. The lowest BCUT2D eigenvalue weighted by molar-refractivity contribution is -0.384. The van der Waals surface area contributed by atoms with Gasteiger partial charge in [-0.3, -0.25) is 14.9 Å². The van der Waals surface area contributed by atoms with Gasteiger partial charge in [0.1, 0.15) is 6.07 Å². The number of nitrogens with zero attached hydrogens (tertiary/aromatic N) is 2. The van der Waals surface area contributed by atoms with E-state index in [4.69, 9.17) is 19.5 Å². The van der Waals surface area contributed by atoms with E-state index in [-0.39, 0.29) is 18.0 Å². The summed E-state index contributed by atoms with van der Waals surface area (Å²) in [5.41, 5.74) is 1.33. The van der Waals surface area contributed by atoms with Crippen LogP contribution in [0.15, 0.2) is 42.5 Å². The number of rotatable bonds is 9. The Morgan fingerprint density at radius 1 is 1.23 bits per heavy atom. The monoisotopic (exact) mass is 425 g/mol. The molecule has 2 aromatic rings. The van der Waals surface area contributed by atoms with Crippen LogP contribution >= 0.6 is 0 Å². The van der Waals surface area contributed by atoms with Crippen LogP contribution in [0.3, 0.4) is 0 Å². The maximum absolute atomic E-state index is 12.0. The minimum atomic E-state index is -0.755. The number of carbonyl (C=O) groups excluding carboxylic acids is 2. The van der Waals surface area contributed by atoms with Crippen LogP contribution < -0.4 is 14.8 Å². The molecule has 0 saturated heterocycles. The molecule has 10 heteroatoms. The number of benzene rings is 2. The molecule has 0 aliphatic rings. The molecule has 0 atom stereocenters. The minimum absolute atomic E-state index is 0.129. The van der Waals surface area contributed by atoms with Gasteiger partial charge in [0.25, 0.3) is 11.6 Å². The summed E-state index contributed by atoms with van der Waals surface area (Å²) in [6, 6.07) is 10.8. The first-order valence-corrected chi connectivity index (χ1v) is 8.91. The average Bonchev–Trinajstić information content (AvgIpc) is 2.76. The van der Waals surface area contributed by atoms with Gasteiger partial charge in [-0.15, -0.1) is 0 Å². The van der Waals surface area contributed by atoms with Crippen molar-refractivity contribution in [3.05, 3.63) is 63.7 Å². The highest BCUT2D eigenvalue weighted by atomic mass is 16.6. The number of esters is 1. The SMILES string of the molecule is COc1cc(/C=C/C(=O)OCC(=O)Nc2cc([N+](=O)[O-])ccc2C)ccc1OCC#N. The maximum atomic E-state index is 12.0. The van der Waals surface area contributed by atoms with Crippen molar-refractivity contribution >= 4 is 29.3 Å². The molecule has 0 heterocycles. The molecule has 10 nitrogen and oxygen atoms in total. The van der Waals surface area contributed by atoms with E-state index in [2.05, 4.69) is 5.32 Å². The summed E-state index contributed by atoms with van der Waals surface area (Å²) in [7, 11) is 1.44. The molecule has 0 saturated carbocycles. The number of hydrogen-bond donors (Lipinski definition) is 1. The fourth-order valence-electron chi connectivity index (χ4n) is 2.41. The summed E-state index contributed by atoms with van der Waals surface area (Å²) in [6.45, 7) is 0.990.